The Morgan fingerprint density at radius 1 is 1.32 bits per heavy atom. The van der Waals surface area contributed by atoms with Crippen LogP contribution in [0.2, 0.25) is 0 Å². The van der Waals surface area contributed by atoms with Crippen molar-refractivity contribution in [2.75, 3.05) is 6.54 Å². The van der Waals surface area contributed by atoms with Crippen molar-refractivity contribution in [2.45, 2.75) is 40.3 Å². The molecular formula is C20H22N4O. The highest BCUT2D eigenvalue weighted by Crippen LogP contribution is 2.34. The summed E-state index contributed by atoms with van der Waals surface area (Å²) in [4.78, 5) is 18.3. The van der Waals surface area contributed by atoms with Gasteiger partial charge in [-0.3, -0.25) is 14.5 Å². The number of fused-ring (bicyclic) bond motifs is 2. The molecular weight excluding hydrogens is 312 g/mol. The van der Waals surface area contributed by atoms with Crippen LogP contribution >= 0.6 is 0 Å². The number of hydrogen-bond acceptors (Lipinski definition) is 3. The molecule has 4 rings (SSSR count). The van der Waals surface area contributed by atoms with E-state index in [0.29, 0.717) is 6.54 Å². The van der Waals surface area contributed by atoms with Gasteiger partial charge in [-0.2, -0.15) is 5.10 Å². The summed E-state index contributed by atoms with van der Waals surface area (Å²) in [7, 11) is 0. The molecule has 0 spiro atoms. The van der Waals surface area contributed by atoms with Crippen molar-refractivity contribution in [3.8, 4) is 11.3 Å². The monoisotopic (exact) mass is 334 g/mol. The van der Waals surface area contributed by atoms with Gasteiger partial charge in [0.05, 0.1) is 5.69 Å². The summed E-state index contributed by atoms with van der Waals surface area (Å²) in [5, 5.41) is 7.18. The summed E-state index contributed by atoms with van der Waals surface area (Å²) in [6.45, 7) is 8.00. The van der Waals surface area contributed by atoms with Crippen molar-refractivity contribution < 1.29 is 4.79 Å². The normalized spacial score (nSPS) is 14.0. The zero-order valence-electron chi connectivity index (χ0n) is 14.9. The number of amides is 1. The molecule has 3 aromatic rings. The third-order valence-corrected chi connectivity index (χ3v) is 5.04. The average molecular weight is 334 g/mol. The van der Waals surface area contributed by atoms with E-state index in [9.17, 15) is 4.79 Å². The van der Waals surface area contributed by atoms with Gasteiger partial charge < -0.3 is 4.90 Å². The molecule has 3 heterocycles. The Balaban J connectivity index is 1.92. The first-order chi connectivity index (χ1) is 12.1. The number of rotatable bonds is 2. The van der Waals surface area contributed by atoms with Gasteiger partial charge in [0.2, 0.25) is 5.91 Å². The molecule has 0 aliphatic carbocycles. The molecule has 5 nitrogen and oxygen atoms in total. The van der Waals surface area contributed by atoms with Gasteiger partial charge >= 0.3 is 0 Å². The molecule has 1 aliphatic heterocycles. The van der Waals surface area contributed by atoms with Gasteiger partial charge in [-0.25, -0.2) is 0 Å². The van der Waals surface area contributed by atoms with E-state index in [0.717, 1.165) is 41.8 Å². The van der Waals surface area contributed by atoms with Crippen LogP contribution in [-0.2, 0) is 24.3 Å². The van der Waals surface area contributed by atoms with E-state index in [1.54, 1.807) is 6.92 Å². The number of pyridine rings is 1. The lowest BCUT2D eigenvalue weighted by atomic mass is 9.97. The topological polar surface area (TPSA) is 51.0 Å². The molecule has 25 heavy (non-hydrogen) atoms. The molecule has 0 radical (unpaired) electrons. The van der Waals surface area contributed by atoms with Crippen LogP contribution in [0.3, 0.4) is 0 Å². The first kappa shape index (κ1) is 15.8. The first-order valence-corrected chi connectivity index (χ1v) is 8.78. The predicted octanol–water partition coefficient (Wildman–Crippen LogP) is 3.33. The molecule has 128 valence electrons. The maximum absolute atomic E-state index is 11.9. The quantitative estimate of drug-likeness (QED) is 0.722. The van der Waals surface area contributed by atoms with Gasteiger partial charge in [-0.05, 0) is 25.3 Å². The summed E-state index contributed by atoms with van der Waals surface area (Å²) in [5.41, 5.74) is 5.52. The van der Waals surface area contributed by atoms with Crippen molar-refractivity contribution in [2.24, 2.45) is 0 Å². The van der Waals surface area contributed by atoms with Crippen LogP contribution in [-0.4, -0.2) is 32.1 Å². The summed E-state index contributed by atoms with van der Waals surface area (Å²) < 4.78 is 2.09. The van der Waals surface area contributed by atoms with Crippen LogP contribution in [0.5, 0.6) is 0 Å². The largest absolute Gasteiger partial charge is 0.338 e. The van der Waals surface area contributed by atoms with Crippen LogP contribution in [0.4, 0.5) is 0 Å². The molecule has 0 unspecified atom stereocenters. The standard InChI is InChI=1S/C20H22N4O/c1-4-24-19-8-9-23(14(3)25)12-18(19)20(22-24)16-7-5-6-15-10-13(2)21-11-17(15)16/h5-7,10-11H,4,8-9,12H2,1-3H3. The minimum absolute atomic E-state index is 0.121. The van der Waals surface area contributed by atoms with E-state index in [2.05, 4.69) is 40.9 Å². The average Bonchev–Trinajstić information content (AvgIpc) is 2.98. The number of aryl methyl sites for hydroxylation is 2. The van der Waals surface area contributed by atoms with Gasteiger partial charge in [-0.15, -0.1) is 0 Å². The van der Waals surface area contributed by atoms with E-state index in [4.69, 9.17) is 5.10 Å². The zero-order chi connectivity index (χ0) is 17.6. The van der Waals surface area contributed by atoms with E-state index in [1.165, 1.54) is 16.6 Å². The summed E-state index contributed by atoms with van der Waals surface area (Å²) in [5.74, 6) is 0.121. The zero-order valence-corrected chi connectivity index (χ0v) is 14.9. The number of aromatic nitrogens is 3. The van der Waals surface area contributed by atoms with E-state index < -0.39 is 0 Å². The molecule has 0 saturated carbocycles. The summed E-state index contributed by atoms with van der Waals surface area (Å²) >= 11 is 0. The maximum atomic E-state index is 11.9. The Labute approximate surface area is 147 Å². The third-order valence-electron chi connectivity index (χ3n) is 5.04. The summed E-state index contributed by atoms with van der Waals surface area (Å²) in [6, 6.07) is 8.39. The lowest BCUT2D eigenvalue weighted by Crippen LogP contribution is -2.34. The third kappa shape index (κ3) is 2.60. The van der Waals surface area contributed by atoms with Gasteiger partial charge in [0.1, 0.15) is 0 Å². The Morgan fingerprint density at radius 3 is 2.92 bits per heavy atom. The fourth-order valence-corrected chi connectivity index (χ4v) is 3.73. The second-order valence-electron chi connectivity index (χ2n) is 6.63. The molecule has 1 aromatic carbocycles. The lowest BCUT2D eigenvalue weighted by Gasteiger charge is -2.26. The molecule has 0 bridgehead atoms. The molecule has 2 aromatic heterocycles. The number of carbonyl (C=O) groups excluding carboxylic acids is 1. The van der Waals surface area contributed by atoms with Crippen molar-refractivity contribution >= 4 is 16.7 Å². The van der Waals surface area contributed by atoms with Crippen LogP contribution in [0.15, 0.2) is 30.5 Å². The van der Waals surface area contributed by atoms with Crippen molar-refractivity contribution in [1.82, 2.24) is 19.7 Å². The molecule has 0 saturated heterocycles. The van der Waals surface area contributed by atoms with Crippen LogP contribution < -0.4 is 0 Å². The molecule has 0 fully saturated rings. The highest BCUT2D eigenvalue weighted by Gasteiger charge is 2.27. The highest BCUT2D eigenvalue weighted by molar-refractivity contribution is 5.96. The van der Waals surface area contributed by atoms with Gasteiger partial charge in [0, 0.05) is 67.1 Å². The number of hydrogen-bond donors (Lipinski definition) is 0. The van der Waals surface area contributed by atoms with E-state index in [1.807, 2.05) is 18.0 Å². The second kappa shape index (κ2) is 5.99. The number of carbonyl (C=O) groups is 1. The molecule has 5 heteroatoms. The molecule has 0 N–H and O–H groups in total. The second-order valence-corrected chi connectivity index (χ2v) is 6.63. The van der Waals surface area contributed by atoms with Crippen molar-refractivity contribution in [1.29, 1.82) is 0 Å². The Bertz CT molecular complexity index is 973. The Morgan fingerprint density at radius 2 is 2.16 bits per heavy atom. The highest BCUT2D eigenvalue weighted by atomic mass is 16.2. The minimum Gasteiger partial charge on any atom is -0.338 e. The maximum Gasteiger partial charge on any atom is 0.219 e. The fourth-order valence-electron chi connectivity index (χ4n) is 3.73. The van der Waals surface area contributed by atoms with Gasteiger partial charge in [0.15, 0.2) is 0 Å². The Kier molecular flexibility index (Phi) is 3.79. The van der Waals surface area contributed by atoms with Crippen LogP contribution in [0.1, 0.15) is 30.8 Å². The van der Waals surface area contributed by atoms with Crippen molar-refractivity contribution in [3.05, 3.63) is 47.4 Å². The van der Waals surface area contributed by atoms with Crippen LogP contribution in [0.25, 0.3) is 22.0 Å². The first-order valence-electron chi connectivity index (χ1n) is 8.78. The smallest absolute Gasteiger partial charge is 0.219 e. The summed E-state index contributed by atoms with van der Waals surface area (Å²) in [6.07, 6.45) is 2.79. The minimum atomic E-state index is 0.121. The fraction of sp³-hybridized carbons (Fsp3) is 0.350. The van der Waals surface area contributed by atoms with E-state index in [-0.39, 0.29) is 5.91 Å². The molecule has 1 amide bonds. The SMILES string of the molecule is CCn1nc(-c2cccc3cc(C)ncc23)c2c1CCN(C(C)=O)C2. The van der Waals surface area contributed by atoms with Crippen molar-refractivity contribution in [3.63, 3.8) is 0 Å². The molecule has 1 aliphatic rings. The molecule has 0 atom stereocenters. The van der Waals surface area contributed by atoms with Crippen LogP contribution in [0, 0.1) is 6.92 Å². The van der Waals surface area contributed by atoms with E-state index >= 15 is 0 Å². The predicted molar refractivity (Wildman–Crippen MR) is 98.2 cm³/mol. The van der Waals surface area contributed by atoms with Gasteiger partial charge in [0.25, 0.3) is 0 Å². The number of nitrogens with zero attached hydrogens (tertiary/aromatic N) is 4. The number of benzene rings is 1. The Hall–Kier alpha value is -2.69. The van der Waals surface area contributed by atoms with Gasteiger partial charge in [-0.1, -0.05) is 18.2 Å². The lowest BCUT2D eigenvalue weighted by molar-refractivity contribution is -0.129.